The lowest BCUT2D eigenvalue weighted by atomic mass is 9.97. The Morgan fingerprint density at radius 2 is 1.94 bits per heavy atom. The van der Waals surface area contributed by atoms with E-state index in [-0.39, 0.29) is 5.82 Å². The third-order valence-electron chi connectivity index (χ3n) is 2.66. The van der Waals surface area contributed by atoms with Crippen LogP contribution in [0.4, 0.5) is 4.39 Å². The first-order chi connectivity index (χ1) is 8.10. The van der Waals surface area contributed by atoms with E-state index in [0.29, 0.717) is 11.6 Å². The maximum Gasteiger partial charge on any atom is 0.125 e. The molecule has 1 nitrogen and oxygen atoms in total. The fourth-order valence-corrected chi connectivity index (χ4v) is 2.07. The Morgan fingerprint density at radius 3 is 2.59 bits per heavy atom. The molecule has 0 saturated heterocycles. The average Bonchev–Trinajstić information content (AvgIpc) is 2.27. The van der Waals surface area contributed by atoms with Gasteiger partial charge in [0.15, 0.2) is 0 Å². The summed E-state index contributed by atoms with van der Waals surface area (Å²) in [5.41, 5.74) is 9.48. The number of rotatable bonds is 2. The minimum Gasteiger partial charge on any atom is -0.326 e. The summed E-state index contributed by atoms with van der Waals surface area (Å²) in [7, 11) is 0. The molecule has 3 heteroatoms. The topological polar surface area (TPSA) is 26.0 Å². The van der Waals surface area contributed by atoms with Gasteiger partial charge in [0.2, 0.25) is 0 Å². The molecule has 2 aromatic rings. The lowest BCUT2D eigenvalue weighted by Crippen LogP contribution is -1.99. The predicted molar refractivity (Wildman–Crippen MR) is 69.5 cm³/mol. The Morgan fingerprint density at radius 1 is 1.18 bits per heavy atom. The second-order valence-corrected chi connectivity index (χ2v) is 4.46. The van der Waals surface area contributed by atoms with E-state index in [1.54, 1.807) is 6.07 Å². The van der Waals surface area contributed by atoms with Crippen molar-refractivity contribution >= 4 is 11.6 Å². The van der Waals surface area contributed by atoms with E-state index in [1.807, 2.05) is 25.1 Å². The highest BCUT2D eigenvalue weighted by atomic mass is 35.5. The van der Waals surface area contributed by atoms with Crippen LogP contribution in [0.15, 0.2) is 36.4 Å². The Labute approximate surface area is 105 Å². The van der Waals surface area contributed by atoms with Crippen molar-refractivity contribution in [1.82, 2.24) is 0 Å². The van der Waals surface area contributed by atoms with Crippen LogP contribution in [-0.2, 0) is 6.54 Å². The van der Waals surface area contributed by atoms with Crippen LogP contribution in [0.25, 0.3) is 11.1 Å². The molecule has 0 aliphatic heterocycles. The number of benzene rings is 2. The van der Waals surface area contributed by atoms with Crippen LogP contribution in [0.5, 0.6) is 0 Å². The monoisotopic (exact) mass is 249 g/mol. The molecule has 0 atom stereocenters. The summed E-state index contributed by atoms with van der Waals surface area (Å²) in [6.45, 7) is 2.41. The van der Waals surface area contributed by atoms with Gasteiger partial charge in [-0.2, -0.15) is 0 Å². The number of hydrogen-bond acceptors (Lipinski definition) is 1. The van der Waals surface area contributed by atoms with E-state index in [1.165, 1.54) is 12.1 Å². The standard InChI is InChI=1S/C14H13ClFN/c1-9-2-3-10(8-17)14(4-9)11-5-12(15)7-13(16)6-11/h2-7H,8,17H2,1H3. The van der Waals surface area contributed by atoms with Crippen molar-refractivity contribution in [2.75, 3.05) is 0 Å². The van der Waals surface area contributed by atoms with Crippen LogP contribution in [0.1, 0.15) is 11.1 Å². The molecule has 0 aliphatic carbocycles. The van der Waals surface area contributed by atoms with Crippen LogP contribution < -0.4 is 5.73 Å². The summed E-state index contributed by atoms with van der Waals surface area (Å²) in [4.78, 5) is 0. The van der Waals surface area contributed by atoms with Crippen LogP contribution in [0.2, 0.25) is 5.02 Å². The first kappa shape index (κ1) is 12.1. The van der Waals surface area contributed by atoms with Crippen LogP contribution in [0, 0.1) is 12.7 Å². The van der Waals surface area contributed by atoms with Crippen molar-refractivity contribution < 1.29 is 4.39 Å². The highest BCUT2D eigenvalue weighted by molar-refractivity contribution is 6.30. The van der Waals surface area contributed by atoms with Gasteiger partial charge in [0.25, 0.3) is 0 Å². The molecule has 0 unspecified atom stereocenters. The molecule has 0 radical (unpaired) electrons. The zero-order chi connectivity index (χ0) is 12.4. The van der Waals surface area contributed by atoms with Gasteiger partial charge in [-0.05, 0) is 41.8 Å². The van der Waals surface area contributed by atoms with Crippen molar-refractivity contribution in [3.63, 3.8) is 0 Å². The van der Waals surface area contributed by atoms with Gasteiger partial charge in [0.1, 0.15) is 5.82 Å². The molecule has 0 fully saturated rings. The van der Waals surface area contributed by atoms with Gasteiger partial charge in [-0.15, -0.1) is 0 Å². The second kappa shape index (κ2) is 4.86. The molecule has 2 N–H and O–H groups in total. The highest BCUT2D eigenvalue weighted by Gasteiger charge is 2.07. The molecule has 0 aliphatic rings. The predicted octanol–water partition coefficient (Wildman–Crippen LogP) is 3.91. The molecule has 2 rings (SSSR count). The highest BCUT2D eigenvalue weighted by Crippen LogP contribution is 2.28. The smallest absolute Gasteiger partial charge is 0.125 e. The molecule has 0 spiro atoms. The summed E-state index contributed by atoms with van der Waals surface area (Å²) in [5.74, 6) is -0.336. The third-order valence-corrected chi connectivity index (χ3v) is 2.88. The number of halogens is 2. The van der Waals surface area contributed by atoms with Gasteiger partial charge in [0, 0.05) is 11.6 Å². The molecule has 0 saturated carbocycles. The quantitative estimate of drug-likeness (QED) is 0.858. The Hall–Kier alpha value is -1.38. The fourth-order valence-electron chi connectivity index (χ4n) is 1.85. The van der Waals surface area contributed by atoms with E-state index in [2.05, 4.69) is 0 Å². The van der Waals surface area contributed by atoms with E-state index >= 15 is 0 Å². The van der Waals surface area contributed by atoms with E-state index in [4.69, 9.17) is 17.3 Å². The van der Waals surface area contributed by atoms with Crippen molar-refractivity contribution in [3.05, 3.63) is 58.4 Å². The molecule has 88 valence electrons. The molecule has 0 bridgehead atoms. The van der Waals surface area contributed by atoms with Gasteiger partial charge in [-0.3, -0.25) is 0 Å². The molecular weight excluding hydrogens is 237 g/mol. The fraction of sp³-hybridized carbons (Fsp3) is 0.143. The van der Waals surface area contributed by atoms with Gasteiger partial charge in [-0.25, -0.2) is 4.39 Å². The Balaban J connectivity index is 2.62. The van der Waals surface area contributed by atoms with Gasteiger partial charge in [-0.1, -0.05) is 35.4 Å². The van der Waals surface area contributed by atoms with Crippen molar-refractivity contribution in [1.29, 1.82) is 0 Å². The minimum absolute atomic E-state index is 0.336. The van der Waals surface area contributed by atoms with Crippen molar-refractivity contribution in [2.24, 2.45) is 5.73 Å². The maximum atomic E-state index is 13.3. The Kier molecular flexibility index (Phi) is 3.46. The lowest BCUT2D eigenvalue weighted by molar-refractivity contribution is 0.628. The van der Waals surface area contributed by atoms with Crippen LogP contribution in [-0.4, -0.2) is 0 Å². The van der Waals surface area contributed by atoms with Gasteiger partial charge in [0.05, 0.1) is 0 Å². The lowest BCUT2D eigenvalue weighted by Gasteiger charge is -2.10. The van der Waals surface area contributed by atoms with E-state index < -0.39 is 0 Å². The zero-order valence-electron chi connectivity index (χ0n) is 9.50. The first-order valence-corrected chi connectivity index (χ1v) is 5.74. The molecule has 0 heterocycles. The molecule has 0 amide bonds. The minimum atomic E-state index is -0.336. The summed E-state index contributed by atoms with van der Waals surface area (Å²) >= 11 is 5.86. The first-order valence-electron chi connectivity index (χ1n) is 5.36. The third kappa shape index (κ3) is 2.65. The average molecular weight is 250 g/mol. The number of nitrogens with two attached hydrogens (primary N) is 1. The van der Waals surface area contributed by atoms with Crippen molar-refractivity contribution in [3.8, 4) is 11.1 Å². The molecule has 2 aromatic carbocycles. The Bertz CT molecular complexity index is 532. The largest absolute Gasteiger partial charge is 0.326 e. The van der Waals surface area contributed by atoms with Crippen molar-refractivity contribution in [2.45, 2.75) is 13.5 Å². The maximum absolute atomic E-state index is 13.3. The summed E-state index contributed by atoms with van der Waals surface area (Å²) in [5, 5.41) is 0.393. The van der Waals surface area contributed by atoms with E-state index in [9.17, 15) is 4.39 Å². The summed E-state index contributed by atoms with van der Waals surface area (Å²) in [6.07, 6.45) is 0. The van der Waals surface area contributed by atoms with Crippen LogP contribution >= 0.6 is 11.6 Å². The second-order valence-electron chi connectivity index (χ2n) is 4.02. The van der Waals surface area contributed by atoms with Crippen LogP contribution in [0.3, 0.4) is 0 Å². The van der Waals surface area contributed by atoms with Gasteiger partial charge >= 0.3 is 0 Å². The van der Waals surface area contributed by atoms with E-state index in [0.717, 1.165) is 22.3 Å². The molecule has 0 aromatic heterocycles. The SMILES string of the molecule is Cc1ccc(CN)c(-c2cc(F)cc(Cl)c2)c1. The zero-order valence-corrected chi connectivity index (χ0v) is 10.3. The molecule has 17 heavy (non-hydrogen) atoms. The summed E-state index contributed by atoms with van der Waals surface area (Å²) < 4.78 is 13.3. The van der Waals surface area contributed by atoms with Gasteiger partial charge < -0.3 is 5.73 Å². The normalized spacial score (nSPS) is 10.6. The summed E-state index contributed by atoms with van der Waals surface area (Å²) in [6, 6.07) is 10.5. The number of hydrogen-bond donors (Lipinski definition) is 1. The number of aryl methyl sites for hydroxylation is 1. The molecular formula is C14H13ClFN.